The van der Waals surface area contributed by atoms with Crippen molar-refractivity contribution in [2.24, 2.45) is 0 Å². The number of fused-ring (bicyclic) bond motifs is 1. The standard InChI is InChI=1S/C17H15ClN6O/c1-19-4-3-12-9-13-15(10-14(12)18)22-17(24-7-5-20-11-24)23-16(13)21-6-8-25-2/h3-5,7,9-11H,6,8H2,2H3,(H,21,22,23). The molecule has 0 radical (unpaired) electrons. The van der Waals surface area contributed by atoms with Gasteiger partial charge in [0, 0.05) is 36.5 Å². The van der Waals surface area contributed by atoms with E-state index < -0.39 is 0 Å². The third kappa shape index (κ3) is 3.76. The number of nitrogens with one attached hydrogen (secondary N) is 1. The number of nitrogens with zero attached hydrogens (tertiary/aromatic N) is 5. The predicted molar refractivity (Wildman–Crippen MR) is 97.7 cm³/mol. The molecule has 3 rings (SSSR count). The average Bonchev–Trinajstić information content (AvgIpc) is 3.14. The topological polar surface area (TPSA) is 69.2 Å². The summed E-state index contributed by atoms with van der Waals surface area (Å²) >= 11 is 6.32. The fourth-order valence-corrected chi connectivity index (χ4v) is 2.52. The molecule has 0 saturated heterocycles. The third-order valence-corrected chi connectivity index (χ3v) is 3.79. The van der Waals surface area contributed by atoms with Crippen LogP contribution >= 0.6 is 11.6 Å². The van der Waals surface area contributed by atoms with Gasteiger partial charge >= 0.3 is 0 Å². The lowest BCUT2D eigenvalue weighted by Crippen LogP contribution is -2.11. The van der Waals surface area contributed by atoms with Gasteiger partial charge in [-0.25, -0.2) is 14.8 Å². The quantitative estimate of drug-likeness (QED) is 0.542. The normalized spacial score (nSPS) is 11.1. The van der Waals surface area contributed by atoms with E-state index in [0.29, 0.717) is 35.5 Å². The Hall–Kier alpha value is -2.95. The van der Waals surface area contributed by atoms with Crippen LogP contribution in [0.5, 0.6) is 0 Å². The molecule has 0 saturated carbocycles. The van der Waals surface area contributed by atoms with E-state index in [-0.39, 0.29) is 0 Å². The van der Waals surface area contributed by atoms with Crippen LogP contribution in [0.4, 0.5) is 5.82 Å². The molecule has 126 valence electrons. The molecular weight excluding hydrogens is 340 g/mol. The molecule has 0 aliphatic heterocycles. The van der Waals surface area contributed by atoms with Crippen molar-refractivity contribution in [3.05, 3.63) is 59.1 Å². The molecule has 2 heterocycles. The van der Waals surface area contributed by atoms with E-state index in [1.807, 2.05) is 6.07 Å². The summed E-state index contributed by atoms with van der Waals surface area (Å²) in [7, 11) is 1.64. The maximum atomic E-state index is 6.88. The van der Waals surface area contributed by atoms with Gasteiger partial charge in [0.2, 0.25) is 5.95 Å². The predicted octanol–water partition coefficient (Wildman–Crippen LogP) is 3.42. The summed E-state index contributed by atoms with van der Waals surface area (Å²) in [5, 5.41) is 4.59. The minimum absolute atomic E-state index is 0.491. The van der Waals surface area contributed by atoms with Crippen LogP contribution in [0.15, 0.2) is 37.1 Å². The number of halogens is 1. The van der Waals surface area contributed by atoms with Gasteiger partial charge in [0.15, 0.2) is 6.20 Å². The molecule has 0 fully saturated rings. The number of anilines is 1. The van der Waals surface area contributed by atoms with Gasteiger partial charge in [0.1, 0.15) is 12.1 Å². The van der Waals surface area contributed by atoms with Crippen LogP contribution in [0.2, 0.25) is 5.02 Å². The zero-order valence-electron chi connectivity index (χ0n) is 13.5. The zero-order chi connectivity index (χ0) is 17.6. The van der Waals surface area contributed by atoms with Crippen molar-refractivity contribution in [1.82, 2.24) is 19.5 Å². The lowest BCUT2D eigenvalue weighted by Gasteiger charge is -2.12. The molecule has 2 aromatic heterocycles. The Bertz CT molecular complexity index is 946. The monoisotopic (exact) mass is 354 g/mol. The molecule has 1 aromatic carbocycles. The van der Waals surface area contributed by atoms with Crippen LogP contribution in [0, 0.1) is 6.57 Å². The number of imidazole rings is 1. The van der Waals surface area contributed by atoms with Crippen LogP contribution in [0.25, 0.3) is 27.8 Å². The van der Waals surface area contributed by atoms with E-state index in [9.17, 15) is 0 Å². The molecule has 8 heteroatoms. The summed E-state index contributed by atoms with van der Waals surface area (Å²) in [6.07, 6.45) is 8.10. The van der Waals surface area contributed by atoms with Gasteiger partial charge in [-0.3, -0.25) is 4.57 Å². The highest BCUT2D eigenvalue weighted by Gasteiger charge is 2.11. The summed E-state index contributed by atoms with van der Waals surface area (Å²) in [5.74, 6) is 1.16. The summed E-state index contributed by atoms with van der Waals surface area (Å²) in [6, 6.07) is 3.64. The summed E-state index contributed by atoms with van der Waals surface area (Å²) in [6.45, 7) is 8.03. The number of methoxy groups -OCH3 is 1. The molecule has 7 nitrogen and oxygen atoms in total. The van der Waals surface area contributed by atoms with E-state index in [1.54, 1.807) is 42.5 Å². The van der Waals surface area contributed by atoms with E-state index in [0.717, 1.165) is 10.9 Å². The number of hydrogen-bond acceptors (Lipinski definition) is 5. The van der Waals surface area contributed by atoms with Gasteiger partial charge in [0.25, 0.3) is 0 Å². The van der Waals surface area contributed by atoms with Gasteiger partial charge in [-0.2, -0.15) is 4.98 Å². The van der Waals surface area contributed by atoms with Gasteiger partial charge < -0.3 is 10.1 Å². The maximum absolute atomic E-state index is 6.88. The van der Waals surface area contributed by atoms with Crippen LogP contribution < -0.4 is 5.32 Å². The molecular formula is C17H15ClN6O. The number of aromatic nitrogens is 4. The van der Waals surface area contributed by atoms with Crippen LogP contribution in [-0.4, -0.2) is 39.8 Å². The van der Waals surface area contributed by atoms with Gasteiger partial charge in [-0.1, -0.05) is 17.7 Å². The Kier molecular flexibility index (Phi) is 5.23. The molecule has 0 amide bonds. The largest absolute Gasteiger partial charge is 0.383 e. The lowest BCUT2D eigenvalue weighted by molar-refractivity contribution is 0.210. The second-order valence-corrected chi connectivity index (χ2v) is 5.50. The van der Waals surface area contributed by atoms with Crippen LogP contribution in [-0.2, 0) is 4.74 Å². The summed E-state index contributed by atoms with van der Waals surface area (Å²) < 4.78 is 6.81. The minimum atomic E-state index is 0.491. The van der Waals surface area contributed by atoms with Crippen molar-refractivity contribution in [2.45, 2.75) is 0 Å². The first-order chi connectivity index (χ1) is 12.2. The van der Waals surface area contributed by atoms with Gasteiger partial charge in [-0.05, 0) is 17.7 Å². The van der Waals surface area contributed by atoms with Crippen molar-refractivity contribution in [3.63, 3.8) is 0 Å². The Morgan fingerprint density at radius 2 is 2.28 bits per heavy atom. The second-order valence-electron chi connectivity index (χ2n) is 5.10. The van der Waals surface area contributed by atoms with Crippen LogP contribution in [0.1, 0.15) is 5.56 Å². The maximum Gasteiger partial charge on any atom is 0.237 e. The molecule has 0 bridgehead atoms. The first kappa shape index (κ1) is 16.9. The molecule has 0 atom stereocenters. The highest BCUT2D eigenvalue weighted by atomic mass is 35.5. The van der Waals surface area contributed by atoms with Crippen LogP contribution in [0.3, 0.4) is 0 Å². The molecule has 25 heavy (non-hydrogen) atoms. The Morgan fingerprint density at radius 3 is 3.00 bits per heavy atom. The summed E-state index contributed by atoms with van der Waals surface area (Å²) in [4.78, 5) is 16.4. The Morgan fingerprint density at radius 1 is 1.40 bits per heavy atom. The molecule has 0 spiro atoms. The fourth-order valence-electron chi connectivity index (χ4n) is 2.30. The minimum Gasteiger partial charge on any atom is -0.383 e. The number of rotatable bonds is 6. The number of hydrogen-bond donors (Lipinski definition) is 1. The smallest absolute Gasteiger partial charge is 0.237 e. The highest BCUT2D eigenvalue weighted by molar-refractivity contribution is 6.33. The van der Waals surface area contributed by atoms with Crippen molar-refractivity contribution in [1.29, 1.82) is 0 Å². The first-order valence-electron chi connectivity index (χ1n) is 7.48. The summed E-state index contributed by atoms with van der Waals surface area (Å²) in [5.41, 5.74) is 1.43. The SMILES string of the molecule is [C-]#[N+]C=Cc1cc2c(NCCOC)nc(-n3ccnc3)nc2cc1Cl. The Labute approximate surface area is 149 Å². The fraction of sp³-hybridized carbons (Fsp3) is 0.176. The molecule has 3 aromatic rings. The van der Waals surface area contributed by atoms with Gasteiger partial charge in [-0.15, -0.1) is 0 Å². The Balaban J connectivity index is 2.14. The van der Waals surface area contributed by atoms with E-state index in [1.165, 1.54) is 6.20 Å². The van der Waals surface area contributed by atoms with E-state index >= 15 is 0 Å². The second kappa shape index (κ2) is 7.75. The molecule has 1 N–H and O–H groups in total. The van der Waals surface area contributed by atoms with Crippen molar-refractivity contribution >= 4 is 34.4 Å². The van der Waals surface area contributed by atoms with Crippen molar-refractivity contribution < 1.29 is 4.74 Å². The lowest BCUT2D eigenvalue weighted by atomic mass is 10.1. The van der Waals surface area contributed by atoms with E-state index in [2.05, 4.69) is 25.1 Å². The first-order valence-corrected chi connectivity index (χ1v) is 7.86. The van der Waals surface area contributed by atoms with Crippen molar-refractivity contribution in [2.75, 3.05) is 25.6 Å². The average molecular weight is 355 g/mol. The molecule has 0 unspecified atom stereocenters. The number of ether oxygens (including phenoxy) is 1. The number of benzene rings is 1. The molecule has 0 aliphatic rings. The highest BCUT2D eigenvalue weighted by Crippen LogP contribution is 2.29. The molecule has 0 aliphatic carbocycles. The van der Waals surface area contributed by atoms with Gasteiger partial charge in [0.05, 0.1) is 18.7 Å². The zero-order valence-corrected chi connectivity index (χ0v) is 14.2. The van der Waals surface area contributed by atoms with E-state index in [4.69, 9.17) is 22.9 Å². The van der Waals surface area contributed by atoms with Crippen molar-refractivity contribution in [3.8, 4) is 5.95 Å². The third-order valence-electron chi connectivity index (χ3n) is 3.46.